The highest BCUT2D eigenvalue weighted by Gasteiger charge is 2.57. The molecule has 0 aromatic heterocycles. The van der Waals surface area contributed by atoms with E-state index in [4.69, 9.17) is 14.9 Å². The molecule has 0 aliphatic carbocycles. The van der Waals surface area contributed by atoms with E-state index in [1.54, 1.807) is 0 Å². The van der Waals surface area contributed by atoms with Crippen molar-refractivity contribution < 1.29 is 55.5 Å². The number of hydrogen-bond donors (Lipinski definition) is 9. The van der Waals surface area contributed by atoms with Crippen LogP contribution in [0.15, 0.2) is 0 Å². The number of aldehydes is 1. The summed E-state index contributed by atoms with van der Waals surface area (Å²) in [6.07, 6.45) is -16.0. The van der Waals surface area contributed by atoms with Crippen LogP contribution in [0, 0.1) is 0 Å². The predicted molar refractivity (Wildman–Crippen MR) is 69.9 cm³/mol. The summed E-state index contributed by atoms with van der Waals surface area (Å²) in [5.41, 5.74) is -3.01. The molecule has 1 aliphatic rings. The van der Waals surface area contributed by atoms with E-state index in [1.807, 2.05) is 0 Å². The lowest BCUT2D eigenvalue weighted by atomic mass is 9.80. The Hall–Kier alpha value is -0.730. The lowest BCUT2D eigenvalue weighted by Crippen LogP contribution is -2.70. The van der Waals surface area contributed by atoms with Gasteiger partial charge in [-0.2, -0.15) is 0 Å². The lowest BCUT2D eigenvalue weighted by molar-refractivity contribution is -0.283. The van der Waals surface area contributed by atoms with Gasteiger partial charge in [0.05, 0.1) is 13.2 Å². The van der Waals surface area contributed by atoms with Crippen molar-refractivity contribution in [3.63, 3.8) is 0 Å². The number of carbonyl (C=O) groups excluding carboxylic acids is 1. The summed E-state index contributed by atoms with van der Waals surface area (Å²) in [4.78, 5) is 11.2. The Morgan fingerprint density at radius 1 is 1.04 bits per heavy atom. The Morgan fingerprint density at radius 3 is 2.04 bits per heavy atom. The molecular weight excluding hydrogens is 320 g/mol. The summed E-state index contributed by atoms with van der Waals surface area (Å²) in [6, 6.07) is 0. The number of carbonyl (C=O) groups is 1. The summed E-state index contributed by atoms with van der Waals surface area (Å²) < 4.78 is 4.96. The van der Waals surface area contributed by atoms with Gasteiger partial charge in [-0.1, -0.05) is 0 Å². The summed E-state index contributed by atoms with van der Waals surface area (Å²) in [5, 5.41) is 86.1. The largest absolute Gasteiger partial charge is 0.394 e. The van der Waals surface area contributed by atoms with Crippen molar-refractivity contribution in [2.24, 2.45) is 0 Å². The van der Waals surface area contributed by atoms with Gasteiger partial charge in [-0.25, -0.2) is 0 Å². The molecule has 0 amide bonds. The molecule has 136 valence electrons. The van der Waals surface area contributed by atoms with Crippen molar-refractivity contribution in [2.75, 3.05) is 13.2 Å². The molecule has 1 heterocycles. The number of rotatable bonds is 7. The smallest absolute Gasteiger partial charge is 0.177 e. The van der Waals surface area contributed by atoms with Crippen LogP contribution in [0.3, 0.4) is 0 Å². The molecule has 0 radical (unpaired) electrons. The standard InChI is InChI=1S/C12H22O11/c13-1-4(16)6(17)10(21)12(22,3-15)11-9(20)8(19)7(18)5(2-14)23-11/h3-11,13-14,16-22H,1-2H2/t4?,5-,6?,7-,8+,9+,10?,11?,12?/m1/s1. The second-order valence-corrected chi connectivity index (χ2v) is 5.44. The first-order valence-corrected chi connectivity index (χ1v) is 6.79. The van der Waals surface area contributed by atoms with Crippen molar-refractivity contribution in [1.29, 1.82) is 0 Å². The van der Waals surface area contributed by atoms with Crippen LogP contribution in [0.5, 0.6) is 0 Å². The van der Waals surface area contributed by atoms with Gasteiger partial charge in [-0.15, -0.1) is 0 Å². The Morgan fingerprint density at radius 2 is 1.61 bits per heavy atom. The highest BCUT2D eigenvalue weighted by atomic mass is 16.6. The van der Waals surface area contributed by atoms with E-state index in [-0.39, 0.29) is 6.29 Å². The zero-order chi connectivity index (χ0) is 17.9. The molecule has 5 unspecified atom stereocenters. The van der Waals surface area contributed by atoms with Crippen LogP contribution in [-0.2, 0) is 9.53 Å². The van der Waals surface area contributed by atoms with Gasteiger partial charge in [0, 0.05) is 0 Å². The molecule has 0 saturated carbocycles. The average Bonchev–Trinajstić information content (AvgIpc) is 2.57. The monoisotopic (exact) mass is 342 g/mol. The van der Waals surface area contributed by atoms with Gasteiger partial charge in [0.15, 0.2) is 11.9 Å². The fourth-order valence-corrected chi connectivity index (χ4v) is 2.38. The van der Waals surface area contributed by atoms with Crippen LogP contribution in [0.4, 0.5) is 0 Å². The van der Waals surface area contributed by atoms with Gasteiger partial charge in [0.1, 0.15) is 48.8 Å². The third kappa shape index (κ3) is 3.69. The SMILES string of the molecule is O=CC(O)(C(O)C(O)C(O)CO)C1O[C@H](CO)[C@@H](O)[C@H](O)[C@@H]1O. The zero-order valence-electron chi connectivity index (χ0n) is 12.0. The first kappa shape index (κ1) is 20.3. The van der Waals surface area contributed by atoms with Crippen LogP contribution in [-0.4, -0.2) is 120 Å². The minimum absolute atomic E-state index is 0.280. The van der Waals surface area contributed by atoms with Crippen molar-refractivity contribution in [3.05, 3.63) is 0 Å². The Kier molecular flexibility index (Phi) is 6.97. The average molecular weight is 342 g/mol. The molecule has 1 aliphatic heterocycles. The van der Waals surface area contributed by atoms with E-state index >= 15 is 0 Å². The van der Waals surface area contributed by atoms with E-state index in [9.17, 15) is 40.5 Å². The first-order chi connectivity index (χ1) is 10.6. The quantitative estimate of drug-likeness (QED) is 0.199. The van der Waals surface area contributed by atoms with Crippen LogP contribution in [0.2, 0.25) is 0 Å². The van der Waals surface area contributed by atoms with E-state index in [0.717, 1.165) is 0 Å². The third-order valence-electron chi connectivity index (χ3n) is 3.92. The molecule has 0 aromatic carbocycles. The number of aliphatic hydroxyl groups is 9. The van der Waals surface area contributed by atoms with Crippen LogP contribution < -0.4 is 0 Å². The third-order valence-corrected chi connectivity index (χ3v) is 3.92. The fourth-order valence-electron chi connectivity index (χ4n) is 2.38. The van der Waals surface area contributed by atoms with Gasteiger partial charge in [-0.05, 0) is 0 Å². The number of aliphatic hydroxyl groups excluding tert-OH is 8. The molecule has 1 saturated heterocycles. The van der Waals surface area contributed by atoms with Crippen LogP contribution in [0.25, 0.3) is 0 Å². The highest BCUT2D eigenvalue weighted by molar-refractivity contribution is 5.65. The van der Waals surface area contributed by atoms with Crippen LogP contribution >= 0.6 is 0 Å². The second-order valence-electron chi connectivity index (χ2n) is 5.44. The van der Waals surface area contributed by atoms with Crippen molar-refractivity contribution in [3.8, 4) is 0 Å². The highest BCUT2D eigenvalue weighted by Crippen LogP contribution is 2.31. The topological polar surface area (TPSA) is 208 Å². The van der Waals surface area contributed by atoms with E-state index in [1.165, 1.54) is 0 Å². The molecular formula is C12H22O11. The minimum atomic E-state index is -3.01. The summed E-state index contributed by atoms with van der Waals surface area (Å²) in [7, 11) is 0. The number of hydrogen-bond acceptors (Lipinski definition) is 11. The Balaban J connectivity index is 3.12. The molecule has 9 atom stereocenters. The Bertz CT molecular complexity index is 391. The molecule has 1 rings (SSSR count). The maximum absolute atomic E-state index is 11.2. The van der Waals surface area contributed by atoms with Gasteiger partial charge in [0.2, 0.25) is 0 Å². The Labute approximate surface area is 130 Å². The van der Waals surface area contributed by atoms with Crippen LogP contribution in [0.1, 0.15) is 0 Å². The molecule has 0 aromatic rings. The van der Waals surface area contributed by atoms with E-state index < -0.39 is 67.6 Å². The summed E-state index contributed by atoms with van der Waals surface area (Å²) >= 11 is 0. The van der Waals surface area contributed by atoms with Crippen molar-refractivity contribution >= 4 is 6.29 Å². The maximum atomic E-state index is 11.2. The van der Waals surface area contributed by atoms with Gasteiger partial charge >= 0.3 is 0 Å². The lowest BCUT2D eigenvalue weighted by Gasteiger charge is -2.47. The number of ether oxygens (including phenoxy) is 1. The normalized spacial score (nSPS) is 38.4. The van der Waals surface area contributed by atoms with Crippen molar-refractivity contribution in [2.45, 2.75) is 54.4 Å². The molecule has 1 fully saturated rings. The predicted octanol–water partition coefficient (Wildman–Crippen LogP) is -6.17. The maximum Gasteiger partial charge on any atom is 0.177 e. The van der Waals surface area contributed by atoms with Gasteiger partial charge in [0.25, 0.3) is 0 Å². The van der Waals surface area contributed by atoms with Gasteiger partial charge < -0.3 is 50.7 Å². The molecule has 9 N–H and O–H groups in total. The molecule has 11 nitrogen and oxygen atoms in total. The van der Waals surface area contributed by atoms with E-state index in [0.29, 0.717) is 0 Å². The molecule has 11 heteroatoms. The zero-order valence-corrected chi connectivity index (χ0v) is 12.0. The summed E-state index contributed by atoms with van der Waals surface area (Å²) in [5.74, 6) is 0. The first-order valence-electron chi connectivity index (χ1n) is 6.79. The minimum Gasteiger partial charge on any atom is -0.394 e. The molecule has 23 heavy (non-hydrogen) atoms. The molecule has 0 spiro atoms. The molecule has 0 bridgehead atoms. The second kappa shape index (κ2) is 7.90. The summed E-state index contributed by atoms with van der Waals surface area (Å²) in [6.45, 7) is -1.84. The van der Waals surface area contributed by atoms with Crippen molar-refractivity contribution in [1.82, 2.24) is 0 Å². The van der Waals surface area contributed by atoms with Gasteiger partial charge in [-0.3, -0.25) is 4.79 Å². The van der Waals surface area contributed by atoms with E-state index in [2.05, 4.69) is 0 Å². The fraction of sp³-hybridized carbons (Fsp3) is 0.917.